The molecule has 0 saturated heterocycles. The van der Waals surface area contributed by atoms with E-state index in [1.165, 1.54) is 92.5 Å². The van der Waals surface area contributed by atoms with Gasteiger partial charge in [0.25, 0.3) is 0 Å². The topological polar surface area (TPSA) is 0 Å². The molecular formula is C49H34S. The van der Waals surface area contributed by atoms with Crippen molar-refractivity contribution >= 4 is 38.3 Å². The predicted octanol–water partition coefficient (Wildman–Crippen LogP) is 14.5. The molecule has 1 heterocycles. The maximum absolute atomic E-state index is 2.43. The zero-order chi connectivity index (χ0) is 33.4. The van der Waals surface area contributed by atoms with Gasteiger partial charge in [-0.1, -0.05) is 176 Å². The summed E-state index contributed by atoms with van der Waals surface area (Å²) in [6, 6.07) is 55.7. The van der Waals surface area contributed by atoms with Gasteiger partial charge in [0.05, 0.1) is 0 Å². The fraction of sp³-hybridized carbons (Fsp3) is 0.0204. The Bertz CT molecular complexity index is 2610. The molecule has 1 aromatic heterocycles. The number of hydrogen-bond acceptors (Lipinski definition) is 1. The summed E-state index contributed by atoms with van der Waals surface area (Å²) < 4.78 is 1.31. The summed E-state index contributed by atoms with van der Waals surface area (Å²) in [4.78, 5) is 1.30. The third-order valence-corrected chi connectivity index (χ3v) is 11.0. The van der Waals surface area contributed by atoms with Crippen LogP contribution in [0.1, 0.15) is 12.5 Å². The fourth-order valence-electron chi connectivity index (χ4n) is 7.61. The Hall–Kier alpha value is -6.02. The lowest BCUT2D eigenvalue weighted by Gasteiger charge is -2.19. The lowest BCUT2D eigenvalue weighted by molar-refractivity contribution is 1.56. The van der Waals surface area contributed by atoms with E-state index in [0.717, 1.165) is 0 Å². The van der Waals surface area contributed by atoms with Crippen molar-refractivity contribution in [2.24, 2.45) is 0 Å². The highest BCUT2D eigenvalue weighted by Crippen LogP contribution is 2.55. The monoisotopic (exact) mass is 654 g/mol. The van der Waals surface area contributed by atoms with E-state index in [9.17, 15) is 0 Å². The SMILES string of the molecule is C\C=C/C=C\C=C\c1c(-c2ccc(-c3sc4ccccc4c3-c3ccccc3)cc2)cc(-c2ccccc2)c2c1-c1cccc3cccc-2c13. The second-order valence-electron chi connectivity index (χ2n) is 12.7. The van der Waals surface area contributed by atoms with Crippen molar-refractivity contribution in [1.29, 1.82) is 0 Å². The van der Waals surface area contributed by atoms with Gasteiger partial charge in [0, 0.05) is 20.5 Å². The summed E-state index contributed by atoms with van der Waals surface area (Å²) in [7, 11) is 0. The second-order valence-corrected chi connectivity index (χ2v) is 13.8. The molecule has 50 heavy (non-hydrogen) atoms. The molecule has 0 fully saturated rings. The van der Waals surface area contributed by atoms with Gasteiger partial charge in [0.15, 0.2) is 0 Å². The quantitative estimate of drug-likeness (QED) is 0.150. The van der Waals surface area contributed by atoms with Crippen LogP contribution >= 0.6 is 11.3 Å². The van der Waals surface area contributed by atoms with Gasteiger partial charge in [-0.25, -0.2) is 0 Å². The molecule has 0 amide bonds. The molecule has 0 nitrogen and oxygen atoms in total. The number of rotatable bonds is 7. The number of thiophene rings is 1. The first kappa shape index (κ1) is 30.1. The Morgan fingerprint density at radius 3 is 1.80 bits per heavy atom. The Labute approximate surface area is 297 Å². The smallest absolute Gasteiger partial charge is 0.0433 e. The average molecular weight is 655 g/mol. The van der Waals surface area contributed by atoms with Gasteiger partial charge in [-0.05, 0) is 91.0 Å². The fourth-order valence-corrected chi connectivity index (χ4v) is 8.84. The molecule has 0 radical (unpaired) electrons. The Kier molecular flexibility index (Phi) is 7.69. The first-order chi connectivity index (χ1) is 24.8. The minimum atomic E-state index is 1.20. The molecule has 9 rings (SSSR count). The van der Waals surface area contributed by atoms with Gasteiger partial charge in [0.1, 0.15) is 0 Å². The van der Waals surface area contributed by atoms with Crippen molar-refractivity contribution < 1.29 is 0 Å². The van der Waals surface area contributed by atoms with Crippen molar-refractivity contribution in [2.75, 3.05) is 0 Å². The summed E-state index contributed by atoms with van der Waals surface area (Å²) in [6.45, 7) is 2.05. The maximum atomic E-state index is 2.43. The number of allylic oxidation sites excluding steroid dienone is 5. The normalized spacial score (nSPS) is 12.3. The molecule has 0 aliphatic heterocycles. The van der Waals surface area contributed by atoms with E-state index in [2.05, 4.69) is 188 Å². The van der Waals surface area contributed by atoms with Crippen LogP contribution in [-0.2, 0) is 0 Å². The molecule has 1 aliphatic rings. The van der Waals surface area contributed by atoms with Gasteiger partial charge in [-0.3, -0.25) is 0 Å². The van der Waals surface area contributed by atoms with Gasteiger partial charge in [-0.15, -0.1) is 11.3 Å². The van der Waals surface area contributed by atoms with E-state index in [4.69, 9.17) is 0 Å². The van der Waals surface area contributed by atoms with E-state index in [1.54, 1.807) is 0 Å². The number of hydrogen-bond donors (Lipinski definition) is 0. The predicted molar refractivity (Wildman–Crippen MR) is 218 cm³/mol. The number of benzene rings is 7. The van der Waals surface area contributed by atoms with Gasteiger partial charge >= 0.3 is 0 Å². The molecule has 1 heteroatoms. The van der Waals surface area contributed by atoms with E-state index >= 15 is 0 Å². The zero-order valence-corrected chi connectivity index (χ0v) is 28.6. The lowest BCUT2D eigenvalue weighted by Crippen LogP contribution is -1.94. The van der Waals surface area contributed by atoms with Crippen LogP contribution in [0.2, 0.25) is 0 Å². The molecule has 0 atom stereocenters. The van der Waals surface area contributed by atoms with E-state index in [-0.39, 0.29) is 0 Å². The summed E-state index contributed by atoms with van der Waals surface area (Å²) >= 11 is 1.88. The zero-order valence-electron chi connectivity index (χ0n) is 27.8. The van der Waals surface area contributed by atoms with E-state index < -0.39 is 0 Å². The molecule has 7 aromatic carbocycles. The number of fused-ring (bicyclic) bond motifs is 4. The molecule has 0 bridgehead atoms. The van der Waals surface area contributed by atoms with Crippen LogP contribution in [0.25, 0.3) is 93.0 Å². The van der Waals surface area contributed by atoms with Crippen LogP contribution in [0.4, 0.5) is 0 Å². The van der Waals surface area contributed by atoms with Crippen molar-refractivity contribution in [3.05, 3.63) is 188 Å². The Balaban J connectivity index is 1.28. The minimum Gasteiger partial charge on any atom is -0.135 e. The Morgan fingerprint density at radius 2 is 1.06 bits per heavy atom. The van der Waals surface area contributed by atoms with Crippen molar-refractivity contribution in [3.8, 4) is 66.1 Å². The second kappa shape index (κ2) is 12.8. The third-order valence-electron chi connectivity index (χ3n) is 9.80. The first-order valence-corrected chi connectivity index (χ1v) is 18.0. The highest BCUT2D eigenvalue weighted by molar-refractivity contribution is 7.23. The largest absolute Gasteiger partial charge is 0.135 e. The summed E-state index contributed by atoms with van der Waals surface area (Å²) in [6.07, 6.45) is 12.8. The highest BCUT2D eigenvalue weighted by atomic mass is 32.1. The molecule has 1 aliphatic carbocycles. The van der Waals surface area contributed by atoms with Crippen molar-refractivity contribution in [1.82, 2.24) is 0 Å². The third kappa shape index (κ3) is 5.06. The van der Waals surface area contributed by atoms with Crippen LogP contribution in [0.15, 0.2) is 182 Å². The van der Waals surface area contributed by atoms with Gasteiger partial charge < -0.3 is 0 Å². The molecule has 8 aromatic rings. The summed E-state index contributed by atoms with van der Waals surface area (Å²) in [5, 5.41) is 3.93. The summed E-state index contributed by atoms with van der Waals surface area (Å²) in [5.41, 5.74) is 15.2. The molecule has 0 saturated carbocycles. The van der Waals surface area contributed by atoms with E-state index in [0.29, 0.717) is 0 Å². The van der Waals surface area contributed by atoms with Crippen molar-refractivity contribution in [3.63, 3.8) is 0 Å². The Morgan fingerprint density at radius 1 is 0.440 bits per heavy atom. The first-order valence-electron chi connectivity index (χ1n) is 17.2. The molecule has 0 unspecified atom stereocenters. The standard InChI is InChI=1S/C49H34S/c1-2-3-4-5-12-23-38-42(32-43(33-17-8-6-9-18-33)48-41-26-16-22-35-21-15-25-40(45(35)41)47(38)48)34-28-30-37(31-29-34)49-46(36-19-10-7-11-20-36)39-24-13-14-27-44(39)50-49/h2-32H,1H3/b3-2-,5-4-,23-12+. The average Bonchev–Trinajstić information content (AvgIpc) is 3.73. The van der Waals surface area contributed by atoms with Crippen LogP contribution in [0, 0.1) is 0 Å². The van der Waals surface area contributed by atoms with Crippen LogP contribution in [-0.4, -0.2) is 0 Å². The van der Waals surface area contributed by atoms with E-state index in [1.807, 2.05) is 18.3 Å². The minimum absolute atomic E-state index is 1.20. The highest BCUT2D eigenvalue weighted by Gasteiger charge is 2.28. The maximum Gasteiger partial charge on any atom is 0.0433 e. The molecule has 236 valence electrons. The van der Waals surface area contributed by atoms with Gasteiger partial charge in [-0.2, -0.15) is 0 Å². The molecule has 0 spiro atoms. The molecular weight excluding hydrogens is 621 g/mol. The molecule has 0 N–H and O–H groups in total. The van der Waals surface area contributed by atoms with Crippen LogP contribution in [0.5, 0.6) is 0 Å². The van der Waals surface area contributed by atoms with Gasteiger partial charge in [0.2, 0.25) is 0 Å². The van der Waals surface area contributed by atoms with Crippen LogP contribution < -0.4 is 0 Å². The van der Waals surface area contributed by atoms with Crippen molar-refractivity contribution in [2.45, 2.75) is 6.92 Å². The summed E-state index contributed by atoms with van der Waals surface area (Å²) in [5.74, 6) is 0. The van der Waals surface area contributed by atoms with Crippen LogP contribution in [0.3, 0.4) is 0 Å². The lowest BCUT2D eigenvalue weighted by atomic mass is 9.84.